The molecule has 0 saturated carbocycles. The molecule has 1 aromatic heterocycles. The van der Waals surface area contributed by atoms with Gasteiger partial charge in [0.25, 0.3) is 6.43 Å². The van der Waals surface area contributed by atoms with Gasteiger partial charge in [-0.25, -0.2) is 13.8 Å². The van der Waals surface area contributed by atoms with Crippen molar-refractivity contribution in [3.05, 3.63) is 18.9 Å². The van der Waals surface area contributed by atoms with Crippen LogP contribution in [0.1, 0.15) is 12.0 Å². The first kappa shape index (κ1) is 11.3. The molecule has 1 aromatic rings. The van der Waals surface area contributed by atoms with Gasteiger partial charge in [0.2, 0.25) is 5.88 Å². The van der Waals surface area contributed by atoms with E-state index in [4.69, 9.17) is 4.74 Å². The SMILES string of the molecule is COc1nc(I)cc(C(F)F)c1I. The second kappa shape index (κ2) is 4.67. The van der Waals surface area contributed by atoms with E-state index in [1.165, 1.54) is 13.2 Å². The zero-order valence-electron chi connectivity index (χ0n) is 6.52. The van der Waals surface area contributed by atoms with E-state index in [0.717, 1.165) is 0 Å². The van der Waals surface area contributed by atoms with Crippen molar-refractivity contribution in [2.24, 2.45) is 0 Å². The van der Waals surface area contributed by atoms with E-state index >= 15 is 0 Å². The molecule has 0 N–H and O–H groups in total. The molecule has 13 heavy (non-hydrogen) atoms. The Kier molecular flexibility index (Phi) is 4.07. The van der Waals surface area contributed by atoms with Gasteiger partial charge in [-0.3, -0.25) is 0 Å². The molecule has 0 aliphatic carbocycles. The topological polar surface area (TPSA) is 22.1 Å². The molecule has 0 saturated heterocycles. The Bertz CT molecular complexity index is 320. The minimum absolute atomic E-state index is 0.0307. The summed E-state index contributed by atoms with van der Waals surface area (Å²) in [6.07, 6.45) is -2.49. The van der Waals surface area contributed by atoms with Crippen LogP contribution in [-0.4, -0.2) is 12.1 Å². The van der Waals surface area contributed by atoms with E-state index in [2.05, 4.69) is 4.98 Å². The number of nitrogens with zero attached hydrogens (tertiary/aromatic N) is 1. The van der Waals surface area contributed by atoms with Crippen LogP contribution < -0.4 is 4.74 Å². The van der Waals surface area contributed by atoms with Gasteiger partial charge in [0.15, 0.2) is 0 Å². The summed E-state index contributed by atoms with van der Waals surface area (Å²) >= 11 is 3.68. The highest BCUT2D eigenvalue weighted by Crippen LogP contribution is 2.30. The molecule has 0 atom stereocenters. The van der Waals surface area contributed by atoms with E-state index < -0.39 is 6.43 Å². The van der Waals surface area contributed by atoms with Gasteiger partial charge in [-0.05, 0) is 51.2 Å². The van der Waals surface area contributed by atoms with Gasteiger partial charge in [0, 0.05) is 5.56 Å². The first-order valence-electron chi connectivity index (χ1n) is 3.24. The highest BCUT2D eigenvalue weighted by molar-refractivity contribution is 14.1. The van der Waals surface area contributed by atoms with E-state index in [1.54, 1.807) is 22.6 Å². The third-order valence-electron chi connectivity index (χ3n) is 1.35. The van der Waals surface area contributed by atoms with Crippen LogP contribution in [-0.2, 0) is 0 Å². The first-order valence-corrected chi connectivity index (χ1v) is 5.40. The molecule has 1 heterocycles. The molecule has 0 unspecified atom stereocenters. The van der Waals surface area contributed by atoms with Gasteiger partial charge in [-0.15, -0.1) is 0 Å². The fraction of sp³-hybridized carbons (Fsp3) is 0.286. The Balaban J connectivity index is 3.27. The van der Waals surface area contributed by atoms with Gasteiger partial charge in [-0.2, -0.15) is 0 Å². The average molecular weight is 411 g/mol. The number of pyridine rings is 1. The Morgan fingerprint density at radius 1 is 1.46 bits per heavy atom. The third-order valence-corrected chi connectivity index (χ3v) is 2.99. The number of aromatic nitrogens is 1. The van der Waals surface area contributed by atoms with Gasteiger partial charge in [0.05, 0.1) is 10.7 Å². The van der Waals surface area contributed by atoms with Crippen molar-refractivity contribution in [2.75, 3.05) is 7.11 Å². The van der Waals surface area contributed by atoms with Crippen molar-refractivity contribution in [3.8, 4) is 5.88 Å². The molecular formula is C7H5F2I2NO. The van der Waals surface area contributed by atoms with Gasteiger partial charge >= 0.3 is 0 Å². The summed E-state index contributed by atoms with van der Waals surface area (Å²) in [7, 11) is 1.41. The Hall–Kier alpha value is 0.270. The monoisotopic (exact) mass is 411 g/mol. The molecule has 0 fully saturated rings. The molecular weight excluding hydrogens is 406 g/mol. The molecule has 0 amide bonds. The molecule has 0 radical (unpaired) electrons. The second-order valence-corrected chi connectivity index (χ2v) is 4.34. The maximum Gasteiger partial charge on any atom is 0.265 e. The fourth-order valence-corrected chi connectivity index (χ4v) is 2.07. The summed E-state index contributed by atoms with van der Waals surface area (Å²) in [6, 6.07) is 1.36. The molecule has 0 spiro atoms. The number of methoxy groups -OCH3 is 1. The lowest BCUT2D eigenvalue weighted by molar-refractivity contribution is 0.149. The van der Waals surface area contributed by atoms with Crippen LogP contribution >= 0.6 is 45.2 Å². The average Bonchev–Trinajstić information content (AvgIpc) is 2.08. The van der Waals surface area contributed by atoms with Crippen molar-refractivity contribution < 1.29 is 13.5 Å². The predicted octanol–water partition coefficient (Wildman–Crippen LogP) is 3.24. The van der Waals surface area contributed by atoms with Crippen LogP contribution in [0, 0.1) is 7.27 Å². The first-order chi connectivity index (χ1) is 6.06. The number of hydrogen-bond acceptors (Lipinski definition) is 2. The van der Waals surface area contributed by atoms with Crippen LogP contribution in [0.25, 0.3) is 0 Å². The van der Waals surface area contributed by atoms with E-state index in [1.807, 2.05) is 22.6 Å². The van der Waals surface area contributed by atoms with Crippen molar-refractivity contribution >= 4 is 45.2 Å². The lowest BCUT2D eigenvalue weighted by Crippen LogP contribution is -1.99. The van der Waals surface area contributed by atoms with Gasteiger partial charge in [0.1, 0.15) is 3.70 Å². The van der Waals surface area contributed by atoms with Crippen LogP contribution in [0.2, 0.25) is 0 Å². The largest absolute Gasteiger partial charge is 0.480 e. The molecule has 2 nitrogen and oxygen atoms in total. The molecule has 0 aliphatic rings. The Morgan fingerprint density at radius 2 is 2.08 bits per heavy atom. The van der Waals surface area contributed by atoms with Crippen LogP contribution in [0.4, 0.5) is 8.78 Å². The number of alkyl halides is 2. The van der Waals surface area contributed by atoms with Gasteiger partial charge in [-0.1, -0.05) is 0 Å². The molecule has 0 aromatic carbocycles. The lowest BCUT2D eigenvalue weighted by atomic mass is 10.3. The zero-order chi connectivity index (χ0) is 10.0. The summed E-state index contributed by atoms with van der Waals surface area (Å²) in [4.78, 5) is 3.96. The second-order valence-electron chi connectivity index (χ2n) is 2.16. The van der Waals surface area contributed by atoms with Crippen molar-refractivity contribution in [2.45, 2.75) is 6.43 Å². The van der Waals surface area contributed by atoms with Crippen LogP contribution in [0.15, 0.2) is 6.07 Å². The Morgan fingerprint density at radius 3 is 2.54 bits per heavy atom. The molecule has 72 valence electrons. The lowest BCUT2D eigenvalue weighted by Gasteiger charge is -2.07. The Labute approximate surface area is 101 Å². The number of halogens is 4. The number of ether oxygens (including phenoxy) is 1. The van der Waals surface area contributed by atoms with E-state index in [9.17, 15) is 8.78 Å². The predicted molar refractivity (Wildman–Crippen MR) is 61.2 cm³/mol. The smallest absolute Gasteiger partial charge is 0.265 e. The maximum atomic E-state index is 12.4. The fourth-order valence-electron chi connectivity index (χ4n) is 0.788. The van der Waals surface area contributed by atoms with Crippen molar-refractivity contribution in [3.63, 3.8) is 0 Å². The van der Waals surface area contributed by atoms with Crippen molar-refractivity contribution in [1.82, 2.24) is 4.98 Å². The number of hydrogen-bond donors (Lipinski definition) is 0. The molecule has 6 heteroatoms. The normalized spacial score (nSPS) is 10.6. The highest BCUT2D eigenvalue weighted by Gasteiger charge is 2.17. The van der Waals surface area contributed by atoms with E-state index in [-0.39, 0.29) is 11.4 Å². The summed E-state index contributed by atoms with van der Waals surface area (Å²) in [5.41, 5.74) is -0.0307. The minimum atomic E-state index is -2.49. The van der Waals surface area contributed by atoms with Crippen LogP contribution in [0.3, 0.4) is 0 Å². The summed E-state index contributed by atoms with van der Waals surface area (Å²) in [5, 5.41) is 0. The summed E-state index contributed by atoms with van der Waals surface area (Å²) < 4.78 is 30.6. The minimum Gasteiger partial charge on any atom is -0.480 e. The highest BCUT2D eigenvalue weighted by atomic mass is 127. The van der Waals surface area contributed by atoms with Crippen LogP contribution in [0.5, 0.6) is 5.88 Å². The molecule has 0 bridgehead atoms. The molecule has 1 rings (SSSR count). The maximum absolute atomic E-state index is 12.4. The molecule has 0 aliphatic heterocycles. The quantitative estimate of drug-likeness (QED) is 0.551. The number of rotatable bonds is 2. The summed E-state index contributed by atoms with van der Waals surface area (Å²) in [6.45, 7) is 0. The summed E-state index contributed by atoms with van der Waals surface area (Å²) in [5.74, 6) is 0.253. The van der Waals surface area contributed by atoms with E-state index in [0.29, 0.717) is 7.27 Å². The zero-order valence-corrected chi connectivity index (χ0v) is 10.8. The van der Waals surface area contributed by atoms with Gasteiger partial charge < -0.3 is 4.74 Å². The van der Waals surface area contributed by atoms with Crippen molar-refractivity contribution in [1.29, 1.82) is 0 Å². The standard InChI is InChI=1S/C7H5F2I2NO/c1-13-7-5(11)3(6(8)9)2-4(10)12-7/h2,6H,1H3. The third kappa shape index (κ3) is 2.61.